The van der Waals surface area contributed by atoms with E-state index in [1.807, 2.05) is 31.2 Å². The second kappa shape index (κ2) is 6.54. The molecule has 1 unspecified atom stereocenters. The van der Waals surface area contributed by atoms with Gasteiger partial charge >= 0.3 is 0 Å². The minimum atomic E-state index is -0.398. The number of hydrogen-bond donors (Lipinski definition) is 1. The van der Waals surface area contributed by atoms with Crippen LogP contribution >= 0.6 is 0 Å². The van der Waals surface area contributed by atoms with Crippen LogP contribution in [0.3, 0.4) is 0 Å². The Morgan fingerprint density at radius 1 is 1.47 bits per heavy atom. The number of hydrogen-bond acceptors (Lipinski definition) is 4. The van der Waals surface area contributed by atoms with Gasteiger partial charge in [-0.25, -0.2) is 0 Å². The Morgan fingerprint density at radius 3 is 2.79 bits per heavy atom. The SMILES string of the molecule is CCOc1ccc(N(C)C(=O)C2CNCCO2)cc1. The predicted octanol–water partition coefficient (Wildman–Crippen LogP) is 1.04. The molecule has 0 aliphatic carbocycles. The number of anilines is 1. The zero-order valence-corrected chi connectivity index (χ0v) is 11.4. The predicted molar refractivity (Wildman–Crippen MR) is 73.6 cm³/mol. The summed E-state index contributed by atoms with van der Waals surface area (Å²) in [7, 11) is 1.76. The van der Waals surface area contributed by atoms with E-state index in [9.17, 15) is 4.79 Å². The number of rotatable bonds is 4. The fraction of sp³-hybridized carbons (Fsp3) is 0.500. The number of nitrogens with zero attached hydrogens (tertiary/aromatic N) is 1. The smallest absolute Gasteiger partial charge is 0.257 e. The second-order valence-corrected chi connectivity index (χ2v) is 4.39. The van der Waals surface area contributed by atoms with E-state index >= 15 is 0 Å². The monoisotopic (exact) mass is 264 g/mol. The molecule has 0 radical (unpaired) electrons. The van der Waals surface area contributed by atoms with E-state index in [-0.39, 0.29) is 5.91 Å². The Hall–Kier alpha value is -1.59. The average molecular weight is 264 g/mol. The first-order valence-corrected chi connectivity index (χ1v) is 6.55. The van der Waals surface area contributed by atoms with Gasteiger partial charge in [-0.1, -0.05) is 0 Å². The Kier molecular flexibility index (Phi) is 4.76. The van der Waals surface area contributed by atoms with Gasteiger partial charge in [0.2, 0.25) is 0 Å². The highest BCUT2D eigenvalue weighted by Crippen LogP contribution is 2.19. The molecule has 1 fully saturated rings. The lowest BCUT2D eigenvalue weighted by Gasteiger charge is -2.27. The zero-order valence-electron chi connectivity index (χ0n) is 11.4. The molecule has 1 aliphatic rings. The van der Waals surface area contributed by atoms with Gasteiger partial charge in [-0.15, -0.1) is 0 Å². The van der Waals surface area contributed by atoms with Crippen LogP contribution in [0.4, 0.5) is 5.69 Å². The molecule has 19 heavy (non-hydrogen) atoms. The standard InChI is InChI=1S/C14H20N2O3/c1-3-18-12-6-4-11(5-7-12)16(2)14(17)13-10-15-8-9-19-13/h4-7,13,15H,3,8-10H2,1-2H3. The quantitative estimate of drug-likeness (QED) is 0.882. The van der Waals surface area contributed by atoms with Crippen molar-refractivity contribution in [3.63, 3.8) is 0 Å². The van der Waals surface area contributed by atoms with Gasteiger partial charge in [0.25, 0.3) is 5.91 Å². The van der Waals surface area contributed by atoms with Crippen LogP contribution in [-0.4, -0.2) is 45.4 Å². The summed E-state index contributed by atoms with van der Waals surface area (Å²) < 4.78 is 10.8. The summed E-state index contributed by atoms with van der Waals surface area (Å²) in [6, 6.07) is 7.48. The van der Waals surface area contributed by atoms with Crippen LogP contribution in [-0.2, 0) is 9.53 Å². The van der Waals surface area contributed by atoms with Crippen molar-refractivity contribution in [3.8, 4) is 5.75 Å². The van der Waals surface area contributed by atoms with Gasteiger partial charge in [-0.2, -0.15) is 0 Å². The van der Waals surface area contributed by atoms with Gasteiger partial charge in [0.15, 0.2) is 0 Å². The Morgan fingerprint density at radius 2 is 2.21 bits per heavy atom. The first-order chi connectivity index (χ1) is 9.22. The summed E-state index contributed by atoms with van der Waals surface area (Å²) in [6.07, 6.45) is -0.398. The molecular formula is C14H20N2O3. The van der Waals surface area contributed by atoms with Gasteiger partial charge < -0.3 is 19.7 Å². The van der Waals surface area contributed by atoms with E-state index in [1.165, 1.54) is 0 Å². The molecule has 1 amide bonds. The highest BCUT2D eigenvalue weighted by atomic mass is 16.5. The van der Waals surface area contributed by atoms with Gasteiger partial charge in [0.1, 0.15) is 11.9 Å². The molecule has 0 saturated carbocycles. The lowest BCUT2D eigenvalue weighted by molar-refractivity contribution is -0.131. The Balaban J connectivity index is 2.01. The first kappa shape index (κ1) is 13.8. The highest BCUT2D eigenvalue weighted by molar-refractivity contribution is 5.96. The second-order valence-electron chi connectivity index (χ2n) is 4.39. The molecule has 2 rings (SSSR count). The fourth-order valence-corrected chi connectivity index (χ4v) is 2.00. The number of carbonyl (C=O) groups excluding carboxylic acids is 1. The molecule has 1 aromatic carbocycles. The van der Waals surface area contributed by atoms with Crippen molar-refractivity contribution in [1.29, 1.82) is 0 Å². The Labute approximate surface area is 113 Å². The van der Waals surface area contributed by atoms with Crippen molar-refractivity contribution in [2.45, 2.75) is 13.0 Å². The van der Waals surface area contributed by atoms with E-state index in [0.29, 0.717) is 19.8 Å². The molecule has 5 nitrogen and oxygen atoms in total. The van der Waals surface area contributed by atoms with Crippen LogP contribution < -0.4 is 15.0 Å². The van der Waals surface area contributed by atoms with Crippen LogP contribution in [0.15, 0.2) is 24.3 Å². The first-order valence-electron chi connectivity index (χ1n) is 6.55. The van der Waals surface area contributed by atoms with Gasteiger partial charge in [-0.05, 0) is 31.2 Å². The third kappa shape index (κ3) is 3.45. The molecule has 1 saturated heterocycles. The van der Waals surface area contributed by atoms with Crippen LogP contribution in [0.2, 0.25) is 0 Å². The maximum Gasteiger partial charge on any atom is 0.257 e. The Bertz CT molecular complexity index is 413. The summed E-state index contributed by atoms with van der Waals surface area (Å²) >= 11 is 0. The summed E-state index contributed by atoms with van der Waals surface area (Å²) in [5, 5.41) is 3.16. The molecule has 1 aliphatic heterocycles. The molecule has 0 aromatic heterocycles. The van der Waals surface area contributed by atoms with Gasteiger partial charge in [0, 0.05) is 25.8 Å². The van der Waals surface area contributed by atoms with Gasteiger partial charge in [-0.3, -0.25) is 4.79 Å². The third-order valence-corrected chi connectivity index (χ3v) is 3.07. The van der Waals surface area contributed by atoms with Crippen molar-refractivity contribution in [3.05, 3.63) is 24.3 Å². The van der Waals surface area contributed by atoms with Crippen LogP contribution in [0.5, 0.6) is 5.75 Å². The average Bonchev–Trinajstić information content (AvgIpc) is 2.48. The minimum Gasteiger partial charge on any atom is -0.494 e. The largest absolute Gasteiger partial charge is 0.494 e. The third-order valence-electron chi connectivity index (χ3n) is 3.07. The summed E-state index contributed by atoms with van der Waals surface area (Å²) in [5.74, 6) is 0.777. The maximum absolute atomic E-state index is 12.2. The number of nitrogens with one attached hydrogen (secondary N) is 1. The summed E-state index contributed by atoms with van der Waals surface area (Å²) in [4.78, 5) is 13.9. The zero-order chi connectivity index (χ0) is 13.7. The summed E-state index contributed by atoms with van der Waals surface area (Å²) in [6.45, 7) is 4.52. The molecule has 0 spiro atoms. The van der Waals surface area contributed by atoms with Crippen LogP contribution in [0, 0.1) is 0 Å². The number of morpholine rings is 1. The maximum atomic E-state index is 12.2. The van der Waals surface area contributed by atoms with Crippen molar-refractivity contribution < 1.29 is 14.3 Å². The lowest BCUT2D eigenvalue weighted by Crippen LogP contribution is -2.48. The molecule has 1 N–H and O–H groups in total. The minimum absolute atomic E-state index is 0.0311. The molecular weight excluding hydrogens is 244 g/mol. The molecule has 5 heteroatoms. The number of benzene rings is 1. The molecule has 1 atom stereocenters. The van der Waals surface area contributed by atoms with Crippen LogP contribution in [0.1, 0.15) is 6.92 Å². The van der Waals surface area contributed by atoms with Crippen molar-refractivity contribution in [1.82, 2.24) is 5.32 Å². The van der Waals surface area contributed by atoms with E-state index in [2.05, 4.69) is 5.32 Å². The van der Waals surface area contributed by atoms with Crippen molar-refractivity contribution in [2.75, 3.05) is 38.3 Å². The van der Waals surface area contributed by atoms with E-state index in [4.69, 9.17) is 9.47 Å². The lowest BCUT2D eigenvalue weighted by atomic mass is 10.2. The molecule has 1 heterocycles. The van der Waals surface area contributed by atoms with E-state index in [1.54, 1.807) is 11.9 Å². The number of amides is 1. The molecule has 0 bridgehead atoms. The van der Waals surface area contributed by atoms with Gasteiger partial charge in [0.05, 0.1) is 13.2 Å². The van der Waals surface area contributed by atoms with Crippen LogP contribution in [0.25, 0.3) is 0 Å². The fourth-order valence-electron chi connectivity index (χ4n) is 2.00. The normalized spacial score (nSPS) is 18.9. The number of carbonyl (C=O) groups is 1. The topological polar surface area (TPSA) is 50.8 Å². The number of likely N-dealkylation sites (N-methyl/N-ethyl adjacent to an activating group) is 1. The van der Waals surface area contributed by atoms with E-state index < -0.39 is 6.10 Å². The highest BCUT2D eigenvalue weighted by Gasteiger charge is 2.25. The number of ether oxygens (including phenoxy) is 2. The van der Waals surface area contributed by atoms with Crippen molar-refractivity contribution in [2.24, 2.45) is 0 Å². The summed E-state index contributed by atoms with van der Waals surface area (Å²) in [5.41, 5.74) is 0.836. The van der Waals surface area contributed by atoms with Crippen molar-refractivity contribution >= 4 is 11.6 Å². The molecule has 1 aromatic rings. The molecule has 104 valence electrons. The van der Waals surface area contributed by atoms with E-state index in [0.717, 1.165) is 18.0 Å².